The lowest BCUT2D eigenvalue weighted by Gasteiger charge is -2.27. The molecule has 1 N–H and O–H groups in total. The van der Waals surface area contributed by atoms with E-state index in [9.17, 15) is 0 Å². The Labute approximate surface area is 127 Å². The van der Waals surface area contributed by atoms with Crippen LogP contribution < -0.4 is 14.8 Å². The van der Waals surface area contributed by atoms with Crippen LogP contribution in [0, 0.1) is 0 Å². The number of ether oxygens (including phenoxy) is 2. The first kappa shape index (κ1) is 15.9. The molecule has 0 aromatic heterocycles. The summed E-state index contributed by atoms with van der Waals surface area (Å²) in [6.07, 6.45) is 3.74. The number of hydrogen-bond donors (Lipinski definition) is 1. The van der Waals surface area contributed by atoms with E-state index >= 15 is 0 Å². The number of benzene rings is 1. The fourth-order valence-electron chi connectivity index (χ4n) is 2.54. The number of allylic oxidation sites excluding steroid dienone is 1. The van der Waals surface area contributed by atoms with Crippen molar-refractivity contribution in [1.29, 1.82) is 0 Å². The summed E-state index contributed by atoms with van der Waals surface area (Å²) in [7, 11) is 1.68. The van der Waals surface area contributed by atoms with Gasteiger partial charge in [-0.05, 0) is 31.0 Å². The van der Waals surface area contributed by atoms with Crippen molar-refractivity contribution in [2.75, 3.05) is 46.4 Å². The van der Waals surface area contributed by atoms with Crippen LogP contribution in [0.1, 0.15) is 12.0 Å². The van der Waals surface area contributed by atoms with E-state index < -0.39 is 0 Å². The van der Waals surface area contributed by atoms with Gasteiger partial charge in [0.15, 0.2) is 0 Å². The number of piperazine rings is 1. The molecule has 21 heavy (non-hydrogen) atoms. The molecule has 2 rings (SSSR count). The molecule has 0 atom stereocenters. The Bertz CT molecular complexity index is 442. The molecule has 1 heterocycles. The molecule has 0 spiro atoms. The van der Waals surface area contributed by atoms with Gasteiger partial charge in [0.25, 0.3) is 0 Å². The van der Waals surface area contributed by atoms with Gasteiger partial charge in [-0.3, -0.25) is 0 Å². The van der Waals surface area contributed by atoms with Crippen LogP contribution in [0.25, 0.3) is 0 Å². The van der Waals surface area contributed by atoms with Gasteiger partial charge in [-0.25, -0.2) is 0 Å². The summed E-state index contributed by atoms with van der Waals surface area (Å²) in [4.78, 5) is 2.48. The van der Waals surface area contributed by atoms with Crippen LogP contribution in [0.2, 0.25) is 0 Å². The van der Waals surface area contributed by atoms with Crippen LogP contribution in [0.3, 0.4) is 0 Å². The Morgan fingerprint density at radius 1 is 1.33 bits per heavy atom. The topological polar surface area (TPSA) is 33.7 Å². The van der Waals surface area contributed by atoms with Crippen LogP contribution in [-0.2, 0) is 6.42 Å². The zero-order valence-corrected chi connectivity index (χ0v) is 12.9. The molecule has 4 heteroatoms. The van der Waals surface area contributed by atoms with Crippen LogP contribution in [0.15, 0.2) is 30.9 Å². The molecule has 0 amide bonds. The Balaban J connectivity index is 1.80. The van der Waals surface area contributed by atoms with Crippen LogP contribution in [0.5, 0.6) is 11.5 Å². The predicted molar refractivity (Wildman–Crippen MR) is 86.3 cm³/mol. The molecule has 1 aliphatic heterocycles. The van der Waals surface area contributed by atoms with E-state index in [2.05, 4.69) is 16.8 Å². The van der Waals surface area contributed by atoms with Crippen molar-refractivity contribution in [3.05, 3.63) is 36.4 Å². The van der Waals surface area contributed by atoms with E-state index in [-0.39, 0.29) is 0 Å². The quantitative estimate of drug-likeness (QED) is 0.587. The summed E-state index contributed by atoms with van der Waals surface area (Å²) in [5.74, 6) is 1.80. The molecule has 1 aromatic rings. The van der Waals surface area contributed by atoms with Gasteiger partial charge in [-0.2, -0.15) is 0 Å². The maximum absolute atomic E-state index is 5.93. The summed E-state index contributed by atoms with van der Waals surface area (Å²) in [6.45, 7) is 10.1. The molecule has 0 saturated carbocycles. The van der Waals surface area contributed by atoms with E-state index in [0.717, 1.165) is 69.2 Å². The van der Waals surface area contributed by atoms with Crippen molar-refractivity contribution in [2.45, 2.75) is 12.8 Å². The highest BCUT2D eigenvalue weighted by Crippen LogP contribution is 2.25. The number of nitrogens with zero attached hydrogens (tertiary/aromatic N) is 1. The minimum atomic E-state index is 0.750. The van der Waals surface area contributed by atoms with Crippen molar-refractivity contribution in [3.63, 3.8) is 0 Å². The molecular weight excluding hydrogens is 264 g/mol. The smallest absolute Gasteiger partial charge is 0.123 e. The van der Waals surface area contributed by atoms with Crippen LogP contribution in [-0.4, -0.2) is 51.3 Å². The third kappa shape index (κ3) is 5.06. The van der Waals surface area contributed by atoms with Gasteiger partial charge in [0, 0.05) is 38.3 Å². The monoisotopic (exact) mass is 290 g/mol. The highest BCUT2D eigenvalue weighted by atomic mass is 16.5. The Morgan fingerprint density at radius 3 is 2.86 bits per heavy atom. The molecule has 0 unspecified atom stereocenters. The summed E-state index contributed by atoms with van der Waals surface area (Å²) < 4.78 is 11.2. The number of hydrogen-bond acceptors (Lipinski definition) is 4. The third-order valence-electron chi connectivity index (χ3n) is 3.72. The standard InChI is InChI=1S/C17H26N2O2/c1-3-5-15-14-16(20-2)6-7-17(15)21-13-4-10-19-11-8-18-9-12-19/h3,6-7,14,18H,1,4-5,8-13H2,2H3. The third-order valence-corrected chi connectivity index (χ3v) is 3.72. The summed E-state index contributed by atoms with van der Waals surface area (Å²) >= 11 is 0. The lowest BCUT2D eigenvalue weighted by molar-refractivity contribution is 0.213. The van der Waals surface area contributed by atoms with Gasteiger partial charge in [0.05, 0.1) is 13.7 Å². The maximum Gasteiger partial charge on any atom is 0.123 e. The van der Waals surface area contributed by atoms with Gasteiger partial charge >= 0.3 is 0 Å². The second-order valence-electron chi connectivity index (χ2n) is 5.26. The van der Waals surface area contributed by atoms with E-state index in [4.69, 9.17) is 9.47 Å². The second kappa shape index (κ2) is 8.70. The molecule has 1 fully saturated rings. The summed E-state index contributed by atoms with van der Waals surface area (Å²) in [5.41, 5.74) is 1.13. The minimum Gasteiger partial charge on any atom is -0.497 e. The lowest BCUT2D eigenvalue weighted by atomic mass is 10.1. The van der Waals surface area contributed by atoms with Crippen molar-refractivity contribution >= 4 is 0 Å². The van der Waals surface area contributed by atoms with Crippen molar-refractivity contribution in [3.8, 4) is 11.5 Å². The second-order valence-corrected chi connectivity index (χ2v) is 5.26. The number of rotatable bonds is 8. The van der Waals surface area contributed by atoms with Crippen molar-refractivity contribution in [1.82, 2.24) is 10.2 Å². The number of nitrogens with one attached hydrogen (secondary N) is 1. The molecular formula is C17H26N2O2. The van der Waals surface area contributed by atoms with E-state index in [1.165, 1.54) is 0 Å². The van der Waals surface area contributed by atoms with Gasteiger partial charge in [0.1, 0.15) is 11.5 Å². The Kier molecular flexibility index (Phi) is 6.57. The number of methoxy groups -OCH3 is 1. The largest absolute Gasteiger partial charge is 0.497 e. The van der Waals surface area contributed by atoms with Crippen LogP contribution in [0.4, 0.5) is 0 Å². The first-order chi connectivity index (χ1) is 10.3. The first-order valence-electron chi connectivity index (χ1n) is 7.67. The van der Waals surface area contributed by atoms with E-state index in [1.54, 1.807) is 7.11 Å². The molecule has 0 radical (unpaired) electrons. The summed E-state index contributed by atoms with van der Waals surface area (Å²) in [6, 6.07) is 5.95. The maximum atomic E-state index is 5.93. The van der Waals surface area contributed by atoms with Crippen molar-refractivity contribution in [2.24, 2.45) is 0 Å². The van der Waals surface area contributed by atoms with Gasteiger partial charge in [-0.1, -0.05) is 6.08 Å². The molecule has 1 saturated heterocycles. The Hall–Kier alpha value is -1.52. The molecule has 0 bridgehead atoms. The zero-order valence-electron chi connectivity index (χ0n) is 12.9. The normalized spacial score (nSPS) is 15.7. The highest BCUT2D eigenvalue weighted by Gasteiger charge is 2.09. The predicted octanol–water partition coefficient (Wildman–Crippen LogP) is 2.10. The lowest BCUT2D eigenvalue weighted by Crippen LogP contribution is -2.43. The molecule has 0 aliphatic carbocycles. The zero-order chi connectivity index (χ0) is 14.9. The van der Waals surface area contributed by atoms with Crippen molar-refractivity contribution < 1.29 is 9.47 Å². The molecule has 1 aromatic carbocycles. The molecule has 1 aliphatic rings. The SMILES string of the molecule is C=CCc1cc(OC)ccc1OCCCN1CCNCC1. The Morgan fingerprint density at radius 2 is 2.14 bits per heavy atom. The average molecular weight is 290 g/mol. The fourth-order valence-corrected chi connectivity index (χ4v) is 2.54. The van der Waals surface area contributed by atoms with Gasteiger partial charge < -0.3 is 19.7 Å². The van der Waals surface area contributed by atoms with Gasteiger partial charge in [-0.15, -0.1) is 6.58 Å². The van der Waals surface area contributed by atoms with E-state index in [0.29, 0.717) is 0 Å². The molecule has 116 valence electrons. The molecule has 4 nitrogen and oxygen atoms in total. The average Bonchev–Trinajstić information content (AvgIpc) is 2.54. The fraction of sp³-hybridized carbons (Fsp3) is 0.529. The van der Waals surface area contributed by atoms with Gasteiger partial charge in [0.2, 0.25) is 0 Å². The highest BCUT2D eigenvalue weighted by molar-refractivity contribution is 5.41. The van der Waals surface area contributed by atoms with E-state index in [1.807, 2.05) is 24.3 Å². The summed E-state index contributed by atoms with van der Waals surface area (Å²) in [5, 5.41) is 3.37. The minimum absolute atomic E-state index is 0.750. The first-order valence-corrected chi connectivity index (χ1v) is 7.67. The van der Waals surface area contributed by atoms with Crippen LogP contribution >= 0.6 is 0 Å².